The molecule has 0 aliphatic heterocycles. The van der Waals surface area contributed by atoms with E-state index in [1.165, 1.54) is 7.11 Å². The molecule has 0 saturated carbocycles. The molecular formula is C22H18ClN3O3. The number of phenols is 1. The van der Waals surface area contributed by atoms with Crippen LogP contribution in [0.3, 0.4) is 0 Å². The summed E-state index contributed by atoms with van der Waals surface area (Å²) < 4.78 is 10.6. The lowest BCUT2D eigenvalue weighted by Crippen LogP contribution is -2.01. The number of aromatic nitrogens is 2. The Morgan fingerprint density at radius 1 is 0.897 bits per heavy atom. The zero-order valence-electron chi connectivity index (χ0n) is 15.8. The van der Waals surface area contributed by atoms with Gasteiger partial charge < -0.3 is 19.9 Å². The first-order valence-corrected chi connectivity index (χ1v) is 9.22. The van der Waals surface area contributed by atoms with Crippen molar-refractivity contribution in [1.29, 1.82) is 0 Å². The van der Waals surface area contributed by atoms with Crippen LogP contribution >= 0.6 is 11.6 Å². The van der Waals surface area contributed by atoms with Gasteiger partial charge in [0.05, 0.1) is 31.0 Å². The van der Waals surface area contributed by atoms with Gasteiger partial charge in [-0.2, -0.15) is 0 Å². The largest absolute Gasteiger partial charge is 0.504 e. The summed E-state index contributed by atoms with van der Waals surface area (Å²) in [4.78, 5) is 9.29. The highest BCUT2D eigenvalue weighted by atomic mass is 35.5. The van der Waals surface area contributed by atoms with E-state index in [4.69, 9.17) is 21.1 Å². The Morgan fingerprint density at radius 3 is 2.48 bits per heavy atom. The van der Waals surface area contributed by atoms with Crippen molar-refractivity contribution in [3.8, 4) is 28.6 Å². The minimum Gasteiger partial charge on any atom is -0.504 e. The molecule has 0 radical (unpaired) electrons. The molecule has 2 N–H and O–H groups in total. The zero-order chi connectivity index (χ0) is 20.4. The van der Waals surface area contributed by atoms with Crippen LogP contribution in [0.2, 0.25) is 5.02 Å². The fourth-order valence-corrected chi connectivity index (χ4v) is 3.24. The molecule has 146 valence electrons. The predicted octanol–water partition coefficient (Wildman–Crippen LogP) is 5.42. The second kappa shape index (κ2) is 7.85. The first-order chi connectivity index (χ1) is 14.1. The average molecular weight is 408 g/mol. The number of benzene rings is 3. The molecule has 29 heavy (non-hydrogen) atoms. The summed E-state index contributed by atoms with van der Waals surface area (Å²) in [6.45, 7) is 0. The normalized spacial score (nSPS) is 10.7. The summed E-state index contributed by atoms with van der Waals surface area (Å²) >= 11 is 6.16. The Hall–Kier alpha value is -3.51. The predicted molar refractivity (Wildman–Crippen MR) is 114 cm³/mol. The van der Waals surface area contributed by atoms with Crippen LogP contribution < -0.4 is 14.8 Å². The number of rotatable bonds is 5. The maximum Gasteiger partial charge on any atom is 0.168 e. The number of aromatic hydroxyl groups is 1. The molecule has 0 aliphatic rings. The molecule has 0 saturated heterocycles. The SMILES string of the molecule is COc1ccc(Cl)cc1Nc1nc(-c2cccc(OC)c2O)nc2ccccc12. The van der Waals surface area contributed by atoms with E-state index in [1.54, 1.807) is 43.5 Å². The van der Waals surface area contributed by atoms with Gasteiger partial charge in [-0.1, -0.05) is 29.8 Å². The summed E-state index contributed by atoms with van der Waals surface area (Å²) in [5.74, 6) is 1.89. The number of hydrogen-bond donors (Lipinski definition) is 2. The molecule has 1 heterocycles. The smallest absolute Gasteiger partial charge is 0.168 e. The summed E-state index contributed by atoms with van der Waals surface area (Å²) in [5, 5.41) is 15.2. The van der Waals surface area contributed by atoms with Gasteiger partial charge in [0.2, 0.25) is 0 Å². The summed E-state index contributed by atoms with van der Waals surface area (Å²) in [7, 11) is 3.09. The maximum atomic E-state index is 10.6. The Labute approximate surface area is 172 Å². The Balaban J connectivity index is 1.90. The van der Waals surface area contributed by atoms with Crippen LogP contribution in [0.1, 0.15) is 0 Å². The third-order valence-corrected chi connectivity index (χ3v) is 4.71. The number of anilines is 2. The fourth-order valence-electron chi connectivity index (χ4n) is 3.07. The minimum absolute atomic E-state index is 0.0171. The minimum atomic E-state index is -0.0171. The highest BCUT2D eigenvalue weighted by Crippen LogP contribution is 2.38. The number of ether oxygens (including phenoxy) is 2. The standard InChI is InChI=1S/C22H18ClN3O3/c1-28-18-11-10-13(23)12-17(18)25-21-14-6-3-4-8-16(14)24-22(26-21)15-7-5-9-19(29-2)20(15)27/h3-12,27H,1-2H3,(H,24,25,26). The second-order valence-corrected chi connectivity index (χ2v) is 6.68. The van der Waals surface area contributed by atoms with E-state index in [0.717, 1.165) is 10.9 Å². The Bertz CT molecular complexity index is 1200. The van der Waals surface area contributed by atoms with Crippen molar-refractivity contribution >= 4 is 34.0 Å². The number of para-hydroxylation sites is 2. The van der Waals surface area contributed by atoms with Gasteiger partial charge in [0.15, 0.2) is 17.3 Å². The van der Waals surface area contributed by atoms with E-state index in [-0.39, 0.29) is 5.75 Å². The number of nitrogens with one attached hydrogen (secondary N) is 1. The topological polar surface area (TPSA) is 76.5 Å². The average Bonchev–Trinajstić information content (AvgIpc) is 2.74. The number of fused-ring (bicyclic) bond motifs is 1. The third kappa shape index (κ3) is 3.62. The van der Waals surface area contributed by atoms with Gasteiger partial charge in [-0.15, -0.1) is 0 Å². The van der Waals surface area contributed by atoms with Crippen LogP contribution in [-0.4, -0.2) is 29.3 Å². The van der Waals surface area contributed by atoms with Crippen molar-refractivity contribution < 1.29 is 14.6 Å². The molecule has 1 aromatic heterocycles. The van der Waals surface area contributed by atoms with Crippen molar-refractivity contribution in [3.63, 3.8) is 0 Å². The van der Waals surface area contributed by atoms with Crippen LogP contribution in [0.15, 0.2) is 60.7 Å². The van der Waals surface area contributed by atoms with Gasteiger partial charge in [0.25, 0.3) is 0 Å². The van der Waals surface area contributed by atoms with Gasteiger partial charge in [0.1, 0.15) is 11.6 Å². The lowest BCUT2D eigenvalue weighted by molar-refractivity contribution is 0.374. The molecule has 0 aliphatic carbocycles. The van der Waals surface area contributed by atoms with E-state index in [1.807, 2.05) is 24.3 Å². The van der Waals surface area contributed by atoms with Crippen molar-refractivity contribution in [1.82, 2.24) is 9.97 Å². The molecule has 0 bridgehead atoms. The van der Waals surface area contributed by atoms with Crippen molar-refractivity contribution in [2.45, 2.75) is 0 Å². The second-order valence-electron chi connectivity index (χ2n) is 6.24. The monoisotopic (exact) mass is 407 g/mol. The van der Waals surface area contributed by atoms with Gasteiger partial charge in [0, 0.05) is 10.4 Å². The first kappa shape index (κ1) is 18.8. The summed E-state index contributed by atoms with van der Waals surface area (Å²) in [6.07, 6.45) is 0. The lowest BCUT2D eigenvalue weighted by Gasteiger charge is -2.14. The maximum absolute atomic E-state index is 10.6. The van der Waals surface area contributed by atoms with Gasteiger partial charge in [-0.25, -0.2) is 9.97 Å². The van der Waals surface area contributed by atoms with Gasteiger partial charge in [-0.3, -0.25) is 0 Å². The first-order valence-electron chi connectivity index (χ1n) is 8.84. The molecule has 4 rings (SSSR count). The molecule has 6 nitrogen and oxygen atoms in total. The van der Waals surface area contributed by atoms with Crippen molar-refractivity contribution in [2.75, 3.05) is 19.5 Å². The molecule has 0 amide bonds. The quantitative estimate of drug-likeness (QED) is 0.460. The molecule has 3 aromatic carbocycles. The molecule has 4 aromatic rings. The van der Waals surface area contributed by atoms with Crippen LogP contribution in [0, 0.1) is 0 Å². The summed E-state index contributed by atoms with van der Waals surface area (Å²) in [5.41, 5.74) is 1.86. The number of methoxy groups -OCH3 is 2. The van der Waals surface area contributed by atoms with Crippen molar-refractivity contribution in [3.05, 3.63) is 65.7 Å². The van der Waals surface area contributed by atoms with E-state index in [9.17, 15) is 5.11 Å². The molecule has 0 unspecified atom stereocenters. The highest BCUT2D eigenvalue weighted by Gasteiger charge is 2.16. The van der Waals surface area contributed by atoms with E-state index in [0.29, 0.717) is 39.4 Å². The van der Waals surface area contributed by atoms with Crippen LogP contribution in [0.25, 0.3) is 22.3 Å². The molecule has 7 heteroatoms. The van der Waals surface area contributed by atoms with Crippen LogP contribution in [0.5, 0.6) is 17.2 Å². The van der Waals surface area contributed by atoms with Gasteiger partial charge in [-0.05, 0) is 42.5 Å². The molecule has 0 atom stereocenters. The Kier molecular flexibility index (Phi) is 5.10. The lowest BCUT2D eigenvalue weighted by atomic mass is 10.1. The Morgan fingerprint density at radius 2 is 1.69 bits per heavy atom. The molecular weight excluding hydrogens is 390 g/mol. The third-order valence-electron chi connectivity index (χ3n) is 4.48. The highest BCUT2D eigenvalue weighted by molar-refractivity contribution is 6.31. The fraction of sp³-hybridized carbons (Fsp3) is 0.0909. The number of phenolic OH excluding ortho intramolecular Hbond substituents is 1. The van der Waals surface area contributed by atoms with E-state index in [2.05, 4.69) is 15.3 Å². The molecule has 0 spiro atoms. The number of hydrogen-bond acceptors (Lipinski definition) is 6. The van der Waals surface area contributed by atoms with Crippen molar-refractivity contribution in [2.24, 2.45) is 0 Å². The number of nitrogens with zero attached hydrogens (tertiary/aromatic N) is 2. The van der Waals surface area contributed by atoms with Crippen LogP contribution in [0.4, 0.5) is 11.5 Å². The zero-order valence-corrected chi connectivity index (χ0v) is 16.6. The summed E-state index contributed by atoms with van der Waals surface area (Å²) in [6, 6.07) is 18.1. The van der Waals surface area contributed by atoms with E-state index < -0.39 is 0 Å². The number of halogens is 1. The molecule has 0 fully saturated rings. The van der Waals surface area contributed by atoms with E-state index >= 15 is 0 Å². The van der Waals surface area contributed by atoms with Gasteiger partial charge >= 0.3 is 0 Å². The van der Waals surface area contributed by atoms with Crippen LogP contribution in [-0.2, 0) is 0 Å².